The van der Waals surface area contributed by atoms with E-state index in [1.807, 2.05) is 6.92 Å². The topological polar surface area (TPSA) is 75.6 Å². The summed E-state index contributed by atoms with van der Waals surface area (Å²) >= 11 is 0.870. The van der Waals surface area contributed by atoms with Crippen molar-refractivity contribution in [1.82, 2.24) is 19.7 Å². The molecule has 0 saturated carbocycles. The summed E-state index contributed by atoms with van der Waals surface area (Å²) in [5.74, 6) is -1.56. The van der Waals surface area contributed by atoms with Crippen LogP contribution in [0.15, 0.2) is 21.0 Å². The average molecular weight is 315 g/mol. The zero-order chi connectivity index (χ0) is 15.4. The largest absolute Gasteiger partial charge is 0.368 e. The van der Waals surface area contributed by atoms with Gasteiger partial charge in [-0.15, -0.1) is 5.10 Å². The Balaban J connectivity index is 2.32. The Hall–Kier alpha value is -1.90. The van der Waals surface area contributed by atoms with E-state index in [1.165, 1.54) is 4.57 Å². The lowest BCUT2D eigenvalue weighted by Gasteiger charge is -2.08. The third kappa shape index (κ3) is 3.41. The van der Waals surface area contributed by atoms with Gasteiger partial charge < -0.3 is 5.32 Å². The van der Waals surface area contributed by atoms with Crippen LogP contribution in [0.4, 0.5) is 14.6 Å². The molecule has 9 heteroatoms. The fourth-order valence-electron chi connectivity index (χ4n) is 1.64. The molecule has 0 aromatic carbocycles. The molecule has 0 radical (unpaired) electrons. The second-order valence-corrected chi connectivity index (χ2v) is 5.15. The molecule has 2 aromatic heterocycles. The van der Waals surface area contributed by atoms with E-state index in [2.05, 4.69) is 20.5 Å². The van der Waals surface area contributed by atoms with Gasteiger partial charge in [-0.3, -0.25) is 4.57 Å². The molecule has 0 unspecified atom stereocenters. The monoisotopic (exact) mass is 315 g/mol. The van der Waals surface area contributed by atoms with Gasteiger partial charge in [0.15, 0.2) is 22.6 Å². The van der Waals surface area contributed by atoms with E-state index in [0.29, 0.717) is 13.1 Å². The summed E-state index contributed by atoms with van der Waals surface area (Å²) in [6.07, 6.45) is 0.787. The molecular formula is C12H15F2N5OS. The molecule has 2 heterocycles. The Bertz CT molecular complexity index is 685. The van der Waals surface area contributed by atoms with E-state index in [-0.39, 0.29) is 21.7 Å². The predicted octanol–water partition coefficient (Wildman–Crippen LogP) is 2.24. The van der Waals surface area contributed by atoms with Gasteiger partial charge in [-0.05, 0) is 25.1 Å². The van der Waals surface area contributed by atoms with Crippen LogP contribution in [-0.2, 0) is 6.54 Å². The smallest absolute Gasteiger partial charge is 0.343 e. The minimum Gasteiger partial charge on any atom is -0.368 e. The molecule has 0 aliphatic heterocycles. The van der Waals surface area contributed by atoms with E-state index < -0.39 is 11.6 Å². The highest BCUT2D eigenvalue weighted by molar-refractivity contribution is 7.99. The molecule has 2 aromatic rings. The van der Waals surface area contributed by atoms with Gasteiger partial charge in [-0.25, -0.2) is 23.7 Å². The highest BCUT2D eigenvalue weighted by Crippen LogP contribution is 2.28. The molecule has 0 aliphatic rings. The molecule has 0 amide bonds. The van der Waals surface area contributed by atoms with Crippen LogP contribution in [0.25, 0.3) is 0 Å². The molecule has 0 fully saturated rings. The Kier molecular flexibility index (Phi) is 4.94. The number of aromatic amines is 1. The summed E-state index contributed by atoms with van der Waals surface area (Å²) in [7, 11) is 0. The first kappa shape index (κ1) is 15.5. The summed E-state index contributed by atoms with van der Waals surface area (Å²) in [5, 5.41) is 9.12. The quantitative estimate of drug-likeness (QED) is 0.855. The van der Waals surface area contributed by atoms with Crippen LogP contribution in [0.5, 0.6) is 0 Å². The second-order valence-electron chi connectivity index (χ2n) is 4.19. The third-order valence-electron chi connectivity index (χ3n) is 2.67. The third-order valence-corrected chi connectivity index (χ3v) is 3.64. The van der Waals surface area contributed by atoms with Gasteiger partial charge in [-0.2, -0.15) is 0 Å². The fourth-order valence-corrected chi connectivity index (χ4v) is 2.51. The maximum absolute atomic E-state index is 13.8. The Labute approximate surface area is 124 Å². The van der Waals surface area contributed by atoms with Crippen LogP contribution in [0.2, 0.25) is 0 Å². The number of pyridine rings is 1. The van der Waals surface area contributed by atoms with Crippen molar-refractivity contribution in [3.05, 3.63) is 28.2 Å². The number of hydrogen-bond acceptors (Lipinski definition) is 5. The Morgan fingerprint density at radius 1 is 1.38 bits per heavy atom. The number of H-pyrrole nitrogens is 1. The van der Waals surface area contributed by atoms with Crippen molar-refractivity contribution in [3.63, 3.8) is 0 Å². The minimum absolute atomic E-state index is 0.0123. The molecule has 0 bridgehead atoms. The lowest BCUT2D eigenvalue weighted by molar-refractivity contribution is 0.550. The number of hydrogen-bond donors (Lipinski definition) is 2. The maximum atomic E-state index is 13.8. The minimum atomic E-state index is -0.794. The number of aromatic nitrogens is 4. The van der Waals surface area contributed by atoms with Crippen molar-refractivity contribution < 1.29 is 8.78 Å². The predicted molar refractivity (Wildman–Crippen MR) is 75.6 cm³/mol. The van der Waals surface area contributed by atoms with Gasteiger partial charge in [0.2, 0.25) is 0 Å². The lowest BCUT2D eigenvalue weighted by Crippen LogP contribution is -2.16. The molecule has 2 rings (SSSR count). The number of nitrogens with one attached hydrogen (secondary N) is 2. The van der Waals surface area contributed by atoms with E-state index >= 15 is 0 Å². The van der Waals surface area contributed by atoms with Crippen molar-refractivity contribution >= 4 is 17.6 Å². The SMILES string of the molecule is CCCNc1nc(Sc2n[nH]c(=O)n2CC)c(F)cc1F. The summed E-state index contributed by atoms with van der Waals surface area (Å²) < 4.78 is 28.7. The number of halogens is 2. The van der Waals surface area contributed by atoms with Gasteiger partial charge in [-0.1, -0.05) is 6.92 Å². The van der Waals surface area contributed by atoms with Crippen LogP contribution < -0.4 is 11.0 Å². The molecule has 0 spiro atoms. The first-order valence-electron chi connectivity index (χ1n) is 6.49. The molecule has 0 atom stereocenters. The molecule has 2 N–H and O–H groups in total. The van der Waals surface area contributed by atoms with Gasteiger partial charge >= 0.3 is 5.69 Å². The van der Waals surface area contributed by atoms with Crippen LogP contribution in [0.3, 0.4) is 0 Å². The maximum Gasteiger partial charge on any atom is 0.343 e. The van der Waals surface area contributed by atoms with Crippen molar-refractivity contribution in [2.24, 2.45) is 0 Å². The lowest BCUT2D eigenvalue weighted by atomic mass is 10.4. The Morgan fingerprint density at radius 2 is 2.14 bits per heavy atom. The van der Waals surface area contributed by atoms with E-state index in [1.54, 1.807) is 6.92 Å². The molecule has 6 nitrogen and oxygen atoms in total. The first-order chi connectivity index (χ1) is 10.1. The molecular weight excluding hydrogens is 300 g/mol. The average Bonchev–Trinajstić information content (AvgIpc) is 2.80. The van der Waals surface area contributed by atoms with Crippen LogP contribution >= 0.6 is 11.8 Å². The molecule has 114 valence electrons. The van der Waals surface area contributed by atoms with E-state index in [4.69, 9.17) is 0 Å². The highest BCUT2D eigenvalue weighted by atomic mass is 32.2. The number of rotatable bonds is 6. The summed E-state index contributed by atoms with van der Waals surface area (Å²) in [4.78, 5) is 15.4. The Morgan fingerprint density at radius 3 is 2.81 bits per heavy atom. The van der Waals surface area contributed by atoms with Crippen LogP contribution in [-0.4, -0.2) is 26.3 Å². The highest BCUT2D eigenvalue weighted by Gasteiger charge is 2.16. The first-order valence-corrected chi connectivity index (χ1v) is 7.31. The van der Waals surface area contributed by atoms with Gasteiger partial charge in [0, 0.05) is 19.2 Å². The van der Waals surface area contributed by atoms with Crippen molar-refractivity contribution in [2.75, 3.05) is 11.9 Å². The van der Waals surface area contributed by atoms with Crippen molar-refractivity contribution in [2.45, 2.75) is 37.0 Å². The normalized spacial score (nSPS) is 10.9. The second kappa shape index (κ2) is 6.70. The number of nitrogens with zero attached hydrogens (tertiary/aromatic N) is 3. The zero-order valence-corrected chi connectivity index (χ0v) is 12.4. The van der Waals surface area contributed by atoms with Gasteiger partial charge in [0.1, 0.15) is 5.03 Å². The van der Waals surface area contributed by atoms with Crippen molar-refractivity contribution in [1.29, 1.82) is 0 Å². The number of anilines is 1. The van der Waals surface area contributed by atoms with Gasteiger partial charge in [0.25, 0.3) is 0 Å². The standard InChI is InChI=1S/C12H15F2N5OS/c1-3-5-15-9-7(13)6-8(14)10(16-9)21-12-18-17-11(20)19(12)4-2/h6H,3-5H2,1-2H3,(H,15,16)(H,17,20). The van der Waals surface area contributed by atoms with Gasteiger partial charge in [0.05, 0.1) is 0 Å². The molecule has 21 heavy (non-hydrogen) atoms. The van der Waals surface area contributed by atoms with Crippen LogP contribution in [0.1, 0.15) is 20.3 Å². The molecule has 0 saturated heterocycles. The molecule has 0 aliphatic carbocycles. The fraction of sp³-hybridized carbons (Fsp3) is 0.417. The summed E-state index contributed by atoms with van der Waals surface area (Å²) in [6.45, 7) is 4.61. The zero-order valence-electron chi connectivity index (χ0n) is 11.6. The van der Waals surface area contributed by atoms with Crippen LogP contribution in [0, 0.1) is 11.6 Å². The van der Waals surface area contributed by atoms with Crippen molar-refractivity contribution in [3.8, 4) is 0 Å². The summed E-state index contributed by atoms with van der Waals surface area (Å²) in [5.41, 5.74) is -0.383. The van der Waals surface area contributed by atoms with E-state index in [9.17, 15) is 13.6 Å². The summed E-state index contributed by atoms with van der Waals surface area (Å²) in [6, 6.07) is 0.772. The van der Waals surface area contributed by atoms with E-state index in [0.717, 1.165) is 24.2 Å².